The van der Waals surface area contributed by atoms with E-state index in [0.29, 0.717) is 24.7 Å². The fourth-order valence-electron chi connectivity index (χ4n) is 1.19. The highest BCUT2D eigenvalue weighted by atomic mass is 32.1. The summed E-state index contributed by atoms with van der Waals surface area (Å²) in [5, 5.41) is 4.11. The molecular formula is C9H12N4OS2. The molecule has 0 aromatic carbocycles. The third-order valence-electron chi connectivity index (χ3n) is 1.87. The Balaban J connectivity index is 2.03. The quantitative estimate of drug-likeness (QED) is 0.858. The van der Waals surface area contributed by atoms with E-state index in [1.54, 1.807) is 11.3 Å². The van der Waals surface area contributed by atoms with Crippen LogP contribution in [0.25, 0.3) is 0 Å². The van der Waals surface area contributed by atoms with Crippen LogP contribution >= 0.6 is 22.9 Å². The minimum Gasteiger partial charge on any atom is -0.487 e. The van der Waals surface area contributed by atoms with E-state index in [2.05, 4.69) is 14.7 Å². The van der Waals surface area contributed by atoms with E-state index in [4.69, 9.17) is 10.5 Å². The molecule has 7 heteroatoms. The Morgan fingerprint density at radius 2 is 2.44 bits per heavy atom. The van der Waals surface area contributed by atoms with Gasteiger partial charge in [-0.05, 0) is 18.5 Å². The minimum atomic E-state index is 0.443. The van der Waals surface area contributed by atoms with Gasteiger partial charge in [-0.2, -0.15) is 4.37 Å². The Hall–Kier alpha value is -1.34. The van der Waals surface area contributed by atoms with E-state index < -0.39 is 0 Å². The maximum absolute atomic E-state index is 5.70. The molecule has 0 saturated carbocycles. The highest BCUT2D eigenvalue weighted by molar-refractivity contribution is 7.11. The van der Waals surface area contributed by atoms with Crippen LogP contribution in [0.2, 0.25) is 0 Å². The largest absolute Gasteiger partial charge is 0.487 e. The van der Waals surface area contributed by atoms with Gasteiger partial charge in [0.25, 0.3) is 0 Å². The summed E-state index contributed by atoms with van der Waals surface area (Å²) in [5.74, 6) is 1.09. The molecule has 0 radical (unpaired) electrons. The normalized spacial score (nSPS) is 10.3. The van der Waals surface area contributed by atoms with Crippen molar-refractivity contribution in [3.05, 3.63) is 16.6 Å². The van der Waals surface area contributed by atoms with Gasteiger partial charge in [0.05, 0.1) is 18.7 Å². The summed E-state index contributed by atoms with van der Waals surface area (Å²) in [5.41, 5.74) is 7.51. The highest BCUT2D eigenvalue weighted by Crippen LogP contribution is 2.35. The standard InChI is InChI=1S/C9H12N4OS2/c1-2-14-7-8(10)13-16-9(7)12-4-6-3-11-5-15-6/h3,5,12H,2,4H2,1H3,(H2,10,13). The number of hydrogen-bond acceptors (Lipinski definition) is 7. The van der Waals surface area contributed by atoms with E-state index in [0.717, 1.165) is 9.88 Å². The zero-order chi connectivity index (χ0) is 11.4. The molecule has 0 aliphatic heterocycles. The Kier molecular flexibility index (Phi) is 3.58. The Bertz CT molecular complexity index is 440. The zero-order valence-electron chi connectivity index (χ0n) is 8.77. The molecule has 2 aromatic rings. The Morgan fingerprint density at radius 1 is 1.56 bits per heavy atom. The molecule has 0 unspecified atom stereocenters. The summed E-state index contributed by atoms with van der Waals surface area (Å²) >= 11 is 2.92. The van der Waals surface area contributed by atoms with E-state index >= 15 is 0 Å². The first-order valence-electron chi connectivity index (χ1n) is 4.80. The lowest BCUT2D eigenvalue weighted by Crippen LogP contribution is -2.00. The molecule has 0 aliphatic carbocycles. The summed E-state index contributed by atoms with van der Waals surface area (Å²) in [7, 11) is 0. The number of anilines is 2. The molecule has 0 fully saturated rings. The maximum atomic E-state index is 5.70. The van der Waals surface area contributed by atoms with Gasteiger partial charge in [0, 0.05) is 11.1 Å². The molecule has 2 aromatic heterocycles. The van der Waals surface area contributed by atoms with Crippen molar-refractivity contribution < 1.29 is 4.74 Å². The van der Waals surface area contributed by atoms with Gasteiger partial charge in [-0.1, -0.05) is 0 Å². The van der Waals surface area contributed by atoms with Crippen LogP contribution in [-0.4, -0.2) is 16.0 Å². The van der Waals surface area contributed by atoms with Gasteiger partial charge in [0.15, 0.2) is 16.6 Å². The van der Waals surface area contributed by atoms with E-state index in [1.807, 2.05) is 18.6 Å². The number of nitrogens with two attached hydrogens (primary N) is 1. The van der Waals surface area contributed by atoms with E-state index in [1.165, 1.54) is 11.5 Å². The maximum Gasteiger partial charge on any atom is 0.197 e. The smallest absolute Gasteiger partial charge is 0.197 e. The van der Waals surface area contributed by atoms with Crippen molar-refractivity contribution >= 4 is 33.7 Å². The van der Waals surface area contributed by atoms with Gasteiger partial charge in [0.2, 0.25) is 0 Å². The first-order chi connectivity index (χ1) is 7.81. The molecule has 2 heterocycles. The number of rotatable bonds is 5. The number of nitrogens with zero attached hydrogens (tertiary/aromatic N) is 2. The highest BCUT2D eigenvalue weighted by Gasteiger charge is 2.12. The third kappa shape index (κ3) is 2.42. The summed E-state index contributed by atoms with van der Waals surface area (Å²) in [6, 6.07) is 0. The van der Waals surface area contributed by atoms with Gasteiger partial charge < -0.3 is 15.8 Å². The second-order valence-corrected chi connectivity index (χ2v) is 4.72. The van der Waals surface area contributed by atoms with Crippen LogP contribution < -0.4 is 15.8 Å². The van der Waals surface area contributed by atoms with Crippen LogP contribution in [0.3, 0.4) is 0 Å². The Morgan fingerprint density at radius 3 is 3.12 bits per heavy atom. The van der Waals surface area contributed by atoms with Gasteiger partial charge in [0.1, 0.15) is 0 Å². The molecule has 16 heavy (non-hydrogen) atoms. The van der Waals surface area contributed by atoms with Gasteiger partial charge in [-0.3, -0.25) is 4.98 Å². The molecule has 0 saturated heterocycles. The van der Waals surface area contributed by atoms with Crippen molar-refractivity contribution in [3.63, 3.8) is 0 Å². The summed E-state index contributed by atoms with van der Waals surface area (Å²) < 4.78 is 9.48. The molecule has 0 bridgehead atoms. The minimum absolute atomic E-state index is 0.443. The first-order valence-corrected chi connectivity index (χ1v) is 6.45. The van der Waals surface area contributed by atoms with Crippen molar-refractivity contribution in [1.82, 2.24) is 9.36 Å². The van der Waals surface area contributed by atoms with Gasteiger partial charge >= 0.3 is 0 Å². The van der Waals surface area contributed by atoms with Crippen molar-refractivity contribution in [1.29, 1.82) is 0 Å². The third-order valence-corrected chi connectivity index (χ3v) is 3.45. The number of ether oxygens (including phenoxy) is 1. The number of nitrogen functional groups attached to an aromatic ring is 1. The lowest BCUT2D eigenvalue weighted by atomic mass is 10.5. The van der Waals surface area contributed by atoms with Crippen LogP contribution in [0.5, 0.6) is 5.75 Å². The van der Waals surface area contributed by atoms with E-state index in [9.17, 15) is 0 Å². The lowest BCUT2D eigenvalue weighted by molar-refractivity contribution is 0.344. The van der Waals surface area contributed by atoms with Gasteiger partial charge in [-0.25, -0.2) is 0 Å². The summed E-state index contributed by atoms with van der Waals surface area (Å²) in [6.07, 6.45) is 1.84. The summed E-state index contributed by atoms with van der Waals surface area (Å²) in [4.78, 5) is 5.17. The van der Waals surface area contributed by atoms with Crippen molar-refractivity contribution in [3.8, 4) is 5.75 Å². The number of hydrogen-bond donors (Lipinski definition) is 2. The second kappa shape index (κ2) is 5.13. The fourth-order valence-corrected chi connectivity index (χ4v) is 2.38. The molecule has 3 N–H and O–H groups in total. The molecule has 5 nitrogen and oxygen atoms in total. The zero-order valence-corrected chi connectivity index (χ0v) is 10.4. The molecular weight excluding hydrogens is 244 g/mol. The molecule has 0 aliphatic rings. The van der Waals surface area contributed by atoms with Crippen LogP contribution in [0.15, 0.2) is 11.7 Å². The second-order valence-electron chi connectivity index (χ2n) is 2.98. The molecule has 86 valence electrons. The molecule has 0 atom stereocenters. The average Bonchev–Trinajstić information content (AvgIpc) is 2.89. The van der Waals surface area contributed by atoms with E-state index in [-0.39, 0.29) is 0 Å². The lowest BCUT2D eigenvalue weighted by Gasteiger charge is -2.05. The van der Waals surface area contributed by atoms with Crippen molar-refractivity contribution in [2.75, 3.05) is 17.7 Å². The summed E-state index contributed by atoms with van der Waals surface area (Å²) in [6.45, 7) is 3.22. The fraction of sp³-hybridized carbons (Fsp3) is 0.333. The van der Waals surface area contributed by atoms with Crippen LogP contribution in [-0.2, 0) is 6.54 Å². The molecule has 0 amide bonds. The van der Waals surface area contributed by atoms with Crippen molar-refractivity contribution in [2.24, 2.45) is 0 Å². The Labute approximate surface area is 101 Å². The predicted molar refractivity (Wildman–Crippen MR) is 67.1 cm³/mol. The first kappa shape index (κ1) is 11.2. The molecule has 2 rings (SSSR count). The van der Waals surface area contributed by atoms with Gasteiger partial charge in [-0.15, -0.1) is 11.3 Å². The SMILES string of the molecule is CCOc1c(N)nsc1NCc1cncs1. The monoisotopic (exact) mass is 256 g/mol. The van der Waals surface area contributed by atoms with Crippen LogP contribution in [0.1, 0.15) is 11.8 Å². The number of aromatic nitrogens is 2. The predicted octanol–water partition coefficient (Wildman–Crippen LogP) is 2.19. The van der Waals surface area contributed by atoms with Crippen LogP contribution in [0, 0.1) is 0 Å². The molecule has 0 spiro atoms. The topological polar surface area (TPSA) is 73.1 Å². The number of nitrogens with one attached hydrogen (secondary N) is 1. The number of thiazole rings is 1. The van der Waals surface area contributed by atoms with Crippen molar-refractivity contribution in [2.45, 2.75) is 13.5 Å². The average molecular weight is 256 g/mol. The van der Waals surface area contributed by atoms with Crippen LogP contribution in [0.4, 0.5) is 10.8 Å².